The molecule has 0 aliphatic carbocycles. The number of nitrogens with one attached hydrogen (secondary N) is 1. The molecule has 0 atom stereocenters. The summed E-state index contributed by atoms with van der Waals surface area (Å²) in [6, 6.07) is 0. The molecule has 3 nitrogen and oxygen atoms in total. The van der Waals surface area contributed by atoms with Crippen molar-refractivity contribution in [2.24, 2.45) is 0 Å². The van der Waals surface area contributed by atoms with E-state index in [9.17, 15) is 0 Å². The molecule has 0 saturated carbocycles. The third-order valence-corrected chi connectivity index (χ3v) is 2.58. The largest absolute Gasteiger partial charge is 0.379 e. The van der Waals surface area contributed by atoms with Gasteiger partial charge in [-0.15, -0.1) is 0 Å². The van der Waals surface area contributed by atoms with E-state index in [1.807, 2.05) is 0 Å². The third kappa shape index (κ3) is 10.5. The van der Waals surface area contributed by atoms with Crippen LogP contribution in [0.15, 0.2) is 12.2 Å². The third-order valence-electron chi connectivity index (χ3n) is 2.58. The average molecular weight is 243 g/mol. The first-order chi connectivity index (χ1) is 7.66. The van der Waals surface area contributed by atoms with E-state index in [4.69, 9.17) is 9.47 Å². The Bertz CT molecular complexity index is 229. The van der Waals surface area contributed by atoms with Crippen LogP contribution in [0, 0.1) is 0 Å². The SMILES string of the molecule is C=C(CNC(C)(C)C)COCCC(C)(C)OC. The molecule has 0 aliphatic heterocycles. The van der Waals surface area contributed by atoms with Gasteiger partial charge in [0.25, 0.3) is 0 Å². The Hall–Kier alpha value is -0.380. The van der Waals surface area contributed by atoms with Gasteiger partial charge in [0.2, 0.25) is 0 Å². The molecule has 0 radical (unpaired) electrons. The predicted molar refractivity (Wildman–Crippen MR) is 73.4 cm³/mol. The number of rotatable bonds is 8. The van der Waals surface area contributed by atoms with E-state index in [1.165, 1.54) is 0 Å². The smallest absolute Gasteiger partial charge is 0.0686 e. The number of methoxy groups -OCH3 is 1. The summed E-state index contributed by atoms with van der Waals surface area (Å²) >= 11 is 0. The molecule has 0 spiro atoms. The molecule has 0 unspecified atom stereocenters. The van der Waals surface area contributed by atoms with Gasteiger partial charge in [0.1, 0.15) is 0 Å². The summed E-state index contributed by atoms with van der Waals surface area (Å²) in [5, 5.41) is 3.39. The van der Waals surface area contributed by atoms with Crippen molar-refractivity contribution in [3.8, 4) is 0 Å². The van der Waals surface area contributed by atoms with Crippen molar-refractivity contribution < 1.29 is 9.47 Å². The first kappa shape index (κ1) is 16.6. The van der Waals surface area contributed by atoms with Crippen molar-refractivity contribution in [3.63, 3.8) is 0 Å². The minimum Gasteiger partial charge on any atom is -0.379 e. The first-order valence-electron chi connectivity index (χ1n) is 6.21. The number of hydrogen-bond donors (Lipinski definition) is 1. The van der Waals surface area contributed by atoms with E-state index in [-0.39, 0.29) is 11.1 Å². The lowest BCUT2D eigenvalue weighted by Gasteiger charge is -2.23. The quantitative estimate of drug-likeness (QED) is 0.525. The lowest BCUT2D eigenvalue weighted by atomic mass is 10.1. The Labute approximate surface area is 107 Å². The molecule has 102 valence electrons. The second kappa shape index (κ2) is 7.14. The van der Waals surface area contributed by atoms with Crippen molar-refractivity contribution in [2.45, 2.75) is 52.2 Å². The zero-order valence-corrected chi connectivity index (χ0v) is 12.4. The molecule has 0 fully saturated rings. The summed E-state index contributed by atoms with van der Waals surface area (Å²) in [7, 11) is 1.73. The Morgan fingerprint density at radius 2 is 1.76 bits per heavy atom. The van der Waals surface area contributed by atoms with E-state index in [0.29, 0.717) is 13.2 Å². The van der Waals surface area contributed by atoms with E-state index < -0.39 is 0 Å². The summed E-state index contributed by atoms with van der Waals surface area (Å²) in [5.74, 6) is 0. The van der Waals surface area contributed by atoms with Gasteiger partial charge in [0.15, 0.2) is 0 Å². The van der Waals surface area contributed by atoms with Gasteiger partial charge in [-0.05, 0) is 46.6 Å². The molecule has 0 amide bonds. The average Bonchev–Trinajstić information content (AvgIpc) is 2.20. The highest BCUT2D eigenvalue weighted by molar-refractivity contribution is 4.98. The van der Waals surface area contributed by atoms with Crippen LogP contribution in [-0.4, -0.2) is 38.0 Å². The van der Waals surface area contributed by atoms with Crippen molar-refractivity contribution in [1.29, 1.82) is 0 Å². The van der Waals surface area contributed by atoms with Crippen molar-refractivity contribution in [1.82, 2.24) is 5.32 Å². The summed E-state index contributed by atoms with van der Waals surface area (Å²) in [6.07, 6.45) is 0.892. The maximum absolute atomic E-state index is 5.58. The monoisotopic (exact) mass is 243 g/mol. The van der Waals surface area contributed by atoms with Crippen LogP contribution in [0.1, 0.15) is 41.0 Å². The zero-order valence-electron chi connectivity index (χ0n) is 12.4. The molecular weight excluding hydrogens is 214 g/mol. The van der Waals surface area contributed by atoms with Crippen molar-refractivity contribution in [3.05, 3.63) is 12.2 Å². The maximum Gasteiger partial charge on any atom is 0.0686 e. The molecule has 0 aliphatic rings. The topological polar surface area (TPSA) is 30.5 Å². The van der Waals surface area contributed by atoms with Crippen LogP contribution in [0.5, 0.6) is 0 Å². The Kier molecular flexibility index (Phi) is 6.98. The Morgan fingerprint density at radius 3 is 2.24 bits per heavy atom. The molecule has 0 aromatic carbocycles. The molecular formula is C14H29NO2. The second-order valence-electron chi connectivity index (χ2n) is 6.12. The van der Waals surface area contributed by atoms with Crippen LogP contribution in [0.3, 0.4) is 0 Å². The molecule has 17 heavy (non-hydrogen) atoms. The predicted octanol–water partition coefficient (Wildman–Crippen LogP) is 2.76. The normalized spacial score (nSPS) is 12.8. The van der Waals surface area contributed by atoms with Crippen LogP contribution in [0.4, 0.5) is 0 Å². The molecule has 0 bridgehead atoms. The van der Waals surface area contributed by atoms with Gasteiger partial charge in [-0.25, -0.2) is 0 Å². The molecule has 3 heteroatoms. The van der Waals surface area contributed by atoms with Gasteiger partial charge in [-0.3, -0.25) is 0 Å². The van der Waals surface area contributed by atoms with Gasteiger partial charge in [0.05, 0.1) is 12.2 Å². The minimum absolute atomic E-state index is 0.106. The molecule has 0 aromatic heterocycles. The highest BCUT2D eigenvalue weighted by atomic mass is 16.5. The maximum atomic E-state index is 5.58. The van der Waals surface area contributed by atoms with E-state index in [0.717, 1.165) is 18.5 Å². The van der Waals surface area contributed by atoms with Crippen LogP contribution in [-0.2, 0) is 9.47 Å². The molecule has 0 rings (SSSR count). The lowest BCUT2D eigenvalue weighted by Crippen LogP contribution is -2.37. The van der Waals surface area contributed by atoms with Crippen LogP contribution < -0.4 is 5.32 Å². The molecule has 0 heterocycles. The zero-order chi connectivity index (χ0) is 13.5. The fourth-order valence-corrected chi connectivity index (χ4v) is 1.08. The van der Waals surface area contributed by atoms with Gasteiger partial charge in [0, 0.05) is 25.8 Å². The van der Waals surface area contributed by atoms with E-state index in [2.05, 4.69) is 46.5 Å². The standard InChI is InChI=1S/C14H29NO2/c1-12(10-15-13(2,3)4)11-17-9-8-14(5,6)16-7/h15H,1,8-11H2,2-7H3. The van der Waals surface area contributed by atoms with Crippen LogP contribution in [0.25, 0.3) is 0 Å². The molecule has 0 saturated heterocycles. The van der Waals surface area contributed by atoms with Crippen LogP contribution in [0.2, 0.25) is 0 Å². The van der Waals surface area contributed by atoms with E-state index in [1.54, 1.807) is 7.11 Å². The highest BCUT2D eigenvalue weighted by Crippen LogP contribution is 2.12. The van der Waals surface area contributed by atoms with Gasteiger partial charge in [-0.2, -0.15) is 0 Å². The Balaban J connectivity index is 3.59. The Morgan fingerprint density at radius 1 is 1.18 bits per heavy atom. The van der Waals surface area contributed by atoms with Gasteiger partial charge in [-0.1, -0.05) is 6.58 Å². The summed E-state index contributed by atoms with van der Waals surface area (Å²) in [4.78, 5) is 0. The molecule has 1 N–H and O–H groups in total. The summed E-state index contributed by atoms with van der Waals surface area (Å²) in [6.45, 7) is 16.7. The summed E-state index contributed by atoms with van der Waals surface area (Å²) in [5.41, 5.74) is 1.10. The lowest BCUT2D eigenvalue weighted by molar-refractivity contribution is -0.00728. The fourth-order valence-electron chi connectivity index (χ4n) is 1.08. The van der Waals surface area contributed by atoms with Gasteiger partial charge >= 0.3 is 0 Å². The second-order valence-corrected chi connectivity index (χ2v) is 6.12. The van der Waals surface area contributed by atoms with Crippen molar-refractivity contribution >= 4 is 0 Å². The summed E-state index contributed by atoms with van der Waals surface area (Å²) < 4.78 is 10.9. The first-order valence-corrected chi connectivity index (χ1v) is 6.21. The number of ether oxygens (including phenoxy) is 2. The fraction of sp³-hybridized carbons (Fsp3) is 0.857. The van der Waals surface area contributed by atoms with Gasteiger partial charge < -0.3 is 14.8 Å². The van der Waals surface area contributed by atoms with Crippen LogP contribution >= 0.6 is 0 Å². The number of hydrogen-bond acceptors (Lipinski definition) is 3. The van der Waals surface area contributed by atoms with Crippen molar-refractivity contribution in [2.75, 3.05) is 26.9 Å². The highest BCUT2D eigenvalue weighted by Gasteiger charge is 2.15. The minimum atomic E-state index is -0.106. The van der Waals surface area contributed by atoms with E-state index >= 15 is 0 Å². The molecule has 0 aromatic rings.